The third-order valence-electron chi connectivity index (χ3n) is 3.18. The second kappa shape index (κ2) is 2.47. The fraction of sp³-hybridized carbons (Fsp3) is 0.778. The van der Waals surface area contributed by atoms with Gasteiger partial charge in [0.2, 0.25) is 0 Å². The van der Waals surface area contributed by atoms with E-state index in [1.54, 1.807) is 0 Å². The third kappa shape index (κ3) is 1.30. The van der Waals surface area contributed by atoms with Crippen LogP contribution in [0.1, 0.15) is 19.8 Å². The summed E-state index contributed by atoms with van der Waals surface area (Å²) in [6.45, 7) is 1.77. The maximum absolute atomic E-state index is 10.6. The van der Waals surface area contributed by atoms with Crippen molar-refractivity contribution in [2.75, 3.05) is 6.61 Å². The van der Waals surface area contributed by atoms with Crippen molar-refractivity contribution in [1.82, 2.24) is 0 Å². The number of carbonyl (C=O) groups is 2. The van der Waals surface area contributed by atoms with Crippen LogP contribution in [0.2, 0.25) is 0 Å². The minimum Gasteiger partial charge on any atom is -0.481 e. The molecule has 0 bridgehead atoms. The van der Waals surface area contributed by atoms with Crippen molar-refractivity contribution in [3.63, 3.8) is 0 Å². The summed E-state index contributed by atoms with van der Waals surface area (Å²) in [5.41, 5.74) is 0.0152. The lowest BCUT2D eigenvalue weighted by Crippen LogP contribution is -2.06. The lowest BCUT2D eigenvalue weighted by molar-refractivity contribution is -0.141. The molecule has 1 N–H and O–H groups in total. The number of hydrogen-bond donors (Lipinski definition) is 1. The van der Waals surface area contributed by atoms with Gasteiger partial charge in [0, 0.05) is 12.8 Å². The molecule has 2 fully saturated rings. The van der Waals surface area contributed by atoms with E-state index in [2.05, 4.69) is 0 Å². The largest absolute Gasteiger partial charge is 0.481 e. The van der Waals surface area contributed by atoms with Crippen LogP contribution < -0.4 is 0 Å². The zero-order valence-corrected chi connectivity index (χ0v) is 7.45. The Hall–Kier alpha value is -1.06. The Labute approximate surface area is 75.9 Å². The molecule has 2 saturated carbocycles. The van der Waals surface area contributed by atoms with Crippen LogP contribution in [0.25, 0.3) is 0 Å². The van der Waals surface area contributed by atoms with Crippen molar-refractivity contribution in [2.24, 2.45) is 17.3 Å². The number of ether oxygens (including phenoxy) is 1. The molecule has 13 heavy (non-hydrogen) atoms. The summed E-state index contributed by atoms with van der Waals surface area (Å²) in [7, 11) is 0. The molecular weight excluding hydrogens is 172 g/mol. The summed E-state index contributed by atoms with van der Waals surface area (Å²) in [4.78, 5) is 21.1. The number of carboxylic acid groups (broad SMARTS) is 1. The highest BCUT2D eigenvalue weighted by atomic mass is 16.5. The number of esters is 1. The lowest BCUT2D eigenvalue weighted by Gasteiger charge is -1.98. The Morgan fingerprint density at radius 3 is 2.69 bits per heavy atom. The van der Waals surface area contributed by atoms with Gasteiger partial charge < -0.3 is 9.84 Å². The Balaban J connectivity index is 1.78. The van der Waals surface area contributed by atoms with E-state index in [0.717, 1.165) is 12.8 Å². The molecule has 4 heteroatoms. The Bertz CT molecular complexity index is 273. The molecule has 0 aromatic heterocycles. The molecule has 0 heterocycles. The number of hydrogen-bond acceptors (Lipinski definition) is 3. The van der Waals surface area contributed by atoms with Gasteiger partial charge in [-0.25, -0.2) is 0 Å². The second-order valence-corrected chi connectivity index (χ2v) is 4.03. The minimum atomic E-state index is -0.703. The summed E-state index contributed by atoms with van der Waals surface area (Å²) < 4.78 is 4.84. The van der Waals surface area contributed by atoms with Crippen LogP contribution in [-0.2, 0) is 14.3 Å². The van der Waals surface area contributed by atoms with E-state index >= 15 is 0 Å². The van der Waals surface area contributed by atoms with E-state index in [4.69, 9.17) is 9.84 Å². The van der Waals surface area contributed by atoms with Crippen molar-refractivity contribution >= 4 is 11.9 Å². The first-order valence-corrected chi connectivity index (χ1v) is 4.42. The SMILES string of the molecule is CC(=O)OC[C@@H]1C[C@]12C[C@@H]2C(=O)O. The van der Waals surface area contributed by atoms with Crippen molar-refractivity contribution in [2.45, 2.75) is 19.8 Å². The highest BCUT2D eigenvalue weighted by Crippen LogP contribution is 2.74. The van der Waals surface area contributed by atoms with Crippen LogP contribution in [0.3, 0.4) is 0 Å². The van der Waals surface area contributed by atoms with Gasteiger partial charge in [0.1, 0.15) is 0 Å². The van der Waals surface area contributed by atoms with Gasteiger partial charge in [-0.1, -0.05) is 0 Å². The molecule has 0 unspecified atom stereocenters. The van der Waals surface area contributed by atoms with Crippen molar-refractivity contribution < 1.29 is 19.4 Å². The van der Waals surface area contributed by atoms with Crippen LogP contribution in [0.15, 0.2) is 0 Å². The molecule has 0 aromatic carbocycles. The first-order chi connectivity index (χ1) is 6.06. The van der Waals surface area contributed by atoms with Crippen LogP contribution in [0.5, 0.6) is 0 Å². The van der Waals surface area contributed by atoms with Gasteiger partial charge in [-0.2, -0.15) is 0 Å². The highest BCUT2D eigenvalue weighted by Gasteiger charge is 2.73. The number of carboxylic acids is 1. The Morgan fingerprint density at radius 1 is 1.54 bits per heavy atom. The molecule has 0 radical (unpaired) electrons. The van der Waals surface area contributed by atoms with E-state index in [9.17, 15) is 9.59 Å². The molecule has 2 aliphatic rings. The van der Waals surface area contributed by atoms with Gasteiger partial charge in [-0.05, 0) is 18.3 Å². The predicted molar refractivity (Wildman–Crippen MR) is 42.9 cm³/mol. The molecule has 2 aliphatic carbocycles. The fourth-order valence-corrected chi connectivity index (χ4v) is 2.17. The maximum atomic E-state index is 10.6. The monoisotopic (exact) mass is 184 g/mol. The van der Waals surface area contributed by atoms with Gasteiger partial charge in [0.15, 0.2) is 0 Å². The predicted octanol–water partition coefficient (Wildman–Crippen LogP) is 0.660. The molecule has 0 aromatic rings. The highest BCUT2D eigenvalue weighted by molar-refractivity contribution is 5.76. The number of carbonyl (C=O) groups excluding carboxylic acids is 1. The lowest BCUT2D eigenvalue weighted by atomic mass is 10.2. The maximum Gasteiger partial charge on any atom is 0.307 e. The smallest absolute Gasteiger partial charge is 0.307 e. The summed E-state index contributed by atoms with van der Waals surface area (Å²) >= 11 is 0. The van der Waals surface area contributed by atoms with Crippen LogP contribution in [0, 0.1) is 17.3 Å². The molecule has 4 nitrogen and oxygen atoms in total. The Morgan fingerprint density at radius 2 is 2.23 bits per heavy atom. The topological polar surface area (TPSA) is 63.6 Å². The van der Waals surface area contributed by atoms with Crippen molar-refractivity contribution in [3.8, 4) is 0 Å². The number of rotatable bonds is 3. The molecule has 0 amide bonds. The van der Waals surface area contributed by atoms with Gasteiger partial charge in [-0.3, -0.25) is 9.59 Å². The standard InChI is InChI=1S/C9H12O4/c1-5(10)13-4-6-2-9(6)3-7(9)8(11)12/h6-7H,2-4H2,1H3,(H,11,12)/t6-,7+,9-/m0/s1. The third-order valence-corrected chi connectivity index (χ3v) is 3.18. The summed E-state index contributed by atoms with van der Waals surface area (Å²) in [6.07, 6.45) is 1.69. The Kier molecular flexibility index (Phi) is 1.62. The summed E-state index contributed by atoms with van der Waals surface area (Å²) in [5, 5.41) is 8.72. The first kappa shape index (κ1) is 8.53. The summed E-state index contributed by atoms with van der Waals surface area (Å²) in [6, 6.07) is 0. The van der Waals surface area contributed by atoms with Crippen LogP contribution in [-0.4, -0.2) is 23.7 Å². The van der Waals surface area contributed by atoms with E-state index in [1.807, 2.05) is 0 Å². The molecule has 3 atom stereocenters. The van der Waals surface area contributed by atoms with Crippen LogP contribution in [0.4, 0.5) is 0 Å². The van der Waals surface area contributed by atoms with Crippen LogP contribution >= 0.6 is 0 Å². The average molecular weight is 184 g/mol. The summed E-state index contributed by atoms with van der Waals surface area (Å²) in [5.74, 6) is -0.856. The minimum absolute atomic E-state index is 0.0152. The van der Waals surface area contributed by atoms with E-state index in [0.29, 0.717) is 12.5 Å². The van der Waals surface area contributed by atoms with Gasteiger partial charge >= 0.3 is 11.9 Å². The molecule has 72 valence electrons. The zero-order chi connectivity index (χ0) is 9.64. The van der Waals surface area contributed by atoms with E-state index < -0.39 is 5.97 Å². The number of aliphatic carboxylic acids is 1. The second-order valence-electron chi connectivity index (χ2n) is 4.03. The van der Waals surface area contributed by atoms with E-state index in [1.165, 1.54) is 6.92 Å². The van der Waals surface area contributed by atoms with Gasteiger partial charge in [-0.15, -0.1) is 0 Å². The van der Waals surface area contributed by atoms with Crippen molar-refractivity contribution in [3.05, 3.63) is 0 Å². The van der Waals surface area contributed by atoms with Gasteiger partial charge in [0.25, 0.3) is 0 Å². The molecule has 0 saturated heterocycles. The van der Waals surface area contributed by atoms with E-state index in [-0.39, 0.29) is 17.3 Å². The normalized spacial score (nSPS) is 40.1. The fourth-order valence-electron chi connectivity index (χ4n) is 2.17. The zero-order valence-electron chi connectivity index (χ0n) is 7.45. The van der Waals surface area contributed by atoms with Gasteiger partial charge in [0.05, 0.1) is 12.5 Å². The average Bonchev–Trinajstić information content (AvgIpc) is 2.88. The molecule has 1 spiro atoms. The first-order valence-electron chi connectivity index (χ1n) is 4.42. The molecular formula is C9H12O4. The van der Waals surface area contributed by atoms with Crippen molar-refractivity contribution in [1.29, 1.82) is 0 Å². The molecule has 2 rings (SSSR count). The molecule has 0 aliphatic heterocycles. The quantitative estimate of drug-likeness (QED) is 0.654.